The lowest BCUT2D eigenvalue weighted by molar-refractivity contribution is 0.312. The van der Waals surface area contributed by atoms with Crippen LogP contribution in [0.5, 0.6) is 0 Å². The molecule has 0 N–H and O–H groups in total. The molecule has 1 aliphatic carbocycles. The number of nitriles is 1. The summed E-state index contributed by atoms with van der Waals surface area (Å²) < 4.78 is 13.1. The summed E-state index contributed by atoms with van der Waals surface area (Å²) in [5.41, 5.74) is 0.244. The molecule has 0 radical (unpaired) electrons. The highest BCUT2D eigenvalue weighted by Crippen LogP contribution is 2.32. The molecule has 0 spiro atoms. The molecule has 2 heterocycles. The number of pyridine rings is 1. The van der Waals surface area contributed by atoms with Crippen LogP contribution in [0.2, 0.25) is 0 Å². The molecule has 7 heteroatoms. The molecule has 6 nitrogen and oxygen atoms in total. The van der Waals surface area contributed by atoms with Crippen molar-refractivity contribution in [1.29, 1.82) is 5.26 Å². The van der Waals surface area contributed by atoms with Crippen molar-refractivity contribution in [1.82, 2.24) is 14.5 Å². The fourth-order valence-electron chi connectivity index (χ4n) is 2.31. The smallest absolute Gasteiger partial charge is 0.344 e. The first-order valence-electron chi connectivity index (χ1n) is 6.27. The second-order valence-electron chi connectivity index (χ2n) is 4.82. The average Bonchev–Trinajstić information content (AvgIpc) is 2.38. The number of nitrogens with zero attached hydrogens (tertiary/aromatic N) is 4. The molecule has 0 amide bonds. The third-order valence-corrected chi connectivity index (χ3v) is 4.28. The zero-order chi connectivity index (χ0) is 14.3. The summed E-state index contributed by atoms with van der Waals surface area (Å²) >= 11 is -1.31. The standard InChI is InChI=1S/C13H12N4O2S/c1-20(19)13-15-7-9-5-8(6-14)12(18)17(11(9)16-13)10-3-2-4-10/h5,7,10H,2-4H2,1H3. The van der Waals surface area contributed by atoms with Gasteiger partial charge in [0.15, 0.2) is 5.65 Å². The predicted molar refractivity (Wildman–Crippen MR) is 73.7 cm³/mol. The van der Waals surface area contributed by atoms with Gasteiger partial charge in [0.2, 0.25) is 0 Å². The normalized spacial score (nSPS) is 16.6. The molecule has 0 bridgehead atoms. The summed E-state index contributed by atoms with van der Waals surface area (Å²) in [5, 5.41) is 9.90. The molecule has 2 aromatic heterocycles. The fraction of sp³-hybridized carbons (Fsp3) is 0.385. The largest absolute Gasteiger partial charge is 0.609 e. The molecule has 0 aliphatic heterocycles. The minimum Gasteiger partial charge on any atom is -0.609 e. The van der Waals surface area contributed by atoms with Gasteiger partial charge in [-0.3, -0.25) is 9.36 Å². The molecule has 2 aromatic rings. The molecular weight excluding hydrogens is 276 g/mol. The average molecular weight is 288 g/mol. The number of fused-ring (bicyclic) bond motifs is 1. The van der Waals surface area contributed by atoms with Crippen LogP contribution in [0, 0.1) is 11.3 Å². The van der Waals surface area contributed by atoms with Crippen LogP contribution in [0.4, 0.5) is 0 Å². The van der Waals surface area contributed by atoms with Crippen molar-refractivity contribution >= 4 is 22.2 Å². The van der Waals surface area contributed by atoms with Gasteiger partial charge in [-0.2, -0.15) is 15.2 Å². The van der Waals surface area contributed by atoms with Gasteiger partial charge in [-0.15, -0.1) is 0 Å². The quantitative estimate of drug-likeness (QED) is 0.609. The zero-order valence-corrected chi connectivity index (χ0v) is 11.7. The summed E-state index contributed by atoms with van der Waals surface area (Å²) in [4.78, 5) is 20.6. The number of hydrogen-bond acceptors (Lipinski definition) is 5. The van der Waals surface area contributed by atoms with E-state index in [2.05, 4.69) is 9.97 Å². The van der Waals surface area contributed by atoms with E-state index in [-0.39, 0.29) is 22.3 Å². The van der Waals surface area contributed by atoms with Crippen molar-refractivity contribution in [2.45, 2.75) is 30.5 Å². The lowest BCUT2D eigenvalue weighted by atomic mass is 9.92. The molecule has 3 rings (SSSR count). The van der Waals surface area contributed by atoms with Crippen molar-refractivity contribution in [3.63, 3.8) is 0 Å². The van der Waals surface area contributed by atoms with Crippen LogP contribution in [-0.4, -0.2) is 25.3 Å². The van der Waals surface area contributed by atoms with Crippen LogP contribution in [0.25, 0.3) is 11.0 Å². The summed E-state index contributed by atoms with van der Waals surface area (Å²) in [6.07, 6.45) is 5.88. The van der Waals surface area contributed by atoms with Crippen LogP contribution >= 0.6 is 0 Å². The van der Waals surface area contributed by atoms with E-state index in [0.29, 0.717) is 11.0 Å². The Morgan fingerprint density at radius 2 is 2.30 bits per heavy atom. The SMILES string of the molecule is C[S+]([O-])c1ncc2cc(C#N)c(=O)n(C3CCC3)c2n1. The highest BCUT2D eigenvalue weighted by atomic mass is 32.2. The van der Waals surface area contributed by atoms with Gasteiger partial charge in [0.25, 0.3) is 5.56 Å². The Morgan fingerprint density at radius 1 is 1.55 bits per heavy atom. The van der Waals surface area contributed by atoms with Crippen molar-refractivity contribution < 1.29 is 4.55 Å². The van der Waals surface area contributed by atoms with Gasteiger partial charge in [0.1, 0.15) is 17.9 Å². The maximum atomic E-state index is 12.3. The minimum absolute atomic E-state index is 0.0753. The summed E-state index contributed by atoms with van der Waals surface area (Å²) in [7, 11) is 0. The number of rotatable bonds is 2. The Balaban J connectivity index is 2.34. The third kappa shape index (κ3) is 1.97. The van der Waals surface area contributed by atoms with Crippen LogP contribution < -0.4 is 5.56 Å². The molecule has 20 heavy (non-hydrogen) atoms. The van der Waals surface area contributed by atoms with Gasteiger partial charge in [0.05, 0.1) is 0 Å². The highest BCUT2D eigenvalue weighted by molar-refractivity contribution is 7.90. The lowest BCUT2D eigenvalue weighted by Crippen LogP contribution is -2.31. The second-order valence-corrected chi connectivity index (χ2v) is 6.09. The van der Waals surface area contributed by atoms with Gasteiger partial charge in [0, 0.05) is 28.8 Å². The van der Waals surface area contributed by atoms with Gasteiger partial charge in [-0.05, 0) is 25.3 Å². The Bertz CT molecular complexity index is 774. The topological polar surface area (TPSA) is 94.6 Å². The Hall–Kier alpha value is -1.91. The van der Waals surface area contributed by atoms with E-state index < -0.39 is 11.2 Å². The van der Waals surface area contributed by atoms with Crippen molar-refractivity contribution in [2.75, 3.05) is 6.26 Å². The van der Waals surface area contributed by atoms with E-state index in [1.54, 1.807) is 4.57 Å². The summed E-state index contributed by atoms with van der Waals surface area (Å²) in [5.74, 6) is 0. The van der Waals surface area contributed by atoms with Crippen molar-refractivity contribution in [3.8, 4) is 6.07 Å². The zero-order valence-electron chi connectivity index (χ0n) is 10.9. The molecular formula is C13H12N4O2S. The van der Waals surface area contributed by atoms with Crippen LogP contribution in [0.1, 0.15) is 30.9 Å². The fourth-order valence-corrected chi connectivity index (χ4v) is 2.72. The molecule has 102 valence electrons. The summed E-state index contributed by atoms with van der Waals surface area (Å²) in [6.45, 7) is 0. The van der Waals surface area contributed by atoms with E-state index in [1.165, 1.54) is 18.5 Å². The highest BCUT2D eigenvalue weighted by Gasteiger charge is 2.25. The van der Waals surface area contributed by atoms with E-state index in [1.807, 2.05) is 6.07 Å². The van der Waals surface area contributed by atoms with E-state index in [4.69, 9.17) is 5.26 Å². The Morgan fingerprint density at radius 3 is 2.85 bits per heavy atom. The van der Waals surface area contributed by atoms with Crippen molar-refractivity contribution in [3.05, 3.63) is 28.2 Å². The van der Waals surface area contributed by atoms with E-state index in [0.717, 1.165) is 19.3 Å². The van der Waals surface area contributed by atoms with Gasteiger partial charge >= 0.3 is 5.16 Å². The van der Waals surface area contributed by atoms with Crippen molar-refractivity contribution in [2.24, 2.45) is 0 Å². The van der Waals surface area contributed by atoms with Gasteiger partial charge in [-0.25, -0.2) is 0 Å². The molecule has 1 fully saturated rings. The molecule has 0 aromatic carbocycles. The van der Waals surface area contributed by atoms with Crippen LogP contribution in [-0.2, 0) is 11.2 Å². The maximum absolute atomic E-state index is 12.3. The maximum Gasteiger partial charge on any atom is 0.344 e. The molecule has 0 saturated heterocycles. The molecule has 1 unspecified atom stereocenters. The number of aromatic nitrogens is 3. The first kappa shape index (κ1) is 13.1. The molecule has 1 aliphatic rings. The minimum atomic E-state index is -1.31. The van der Waals surface area contributed by atoms with E-state index in [9.17, 15) is 9.35 Å². The molecule has 1 saturated carbocycles. The van der Waals surface area contributed by atoms with Gasteiger partial charge in [-0.1, -0.05) is 0 Å². The first-order chi connectivity index (χ1) is 9.61. The van der Waals surface area contributed by atoms with Crippen LogP contribution in [0.3, 0.4) is 0 Å². The number of hydrogen-bond donors (Lipinski definition) is 0. The Labute approximate surface area is 118 Å². The summed E-state index contributed by atoms with van der Waals surface area (Å²) in [6, 6.07) is 3.49. The molecule has 1 atom stereocenters. The first-order valence-corrected chi connectivity index (χ1v) is 7.83. The van der Waals surface area contributed by atoms with Gasteiger partial charge < -0.3 is 4.55 Å². The van der Waals surface area contributed by atoms with E-state index >= 15 is 0 Å². The lowest BCUT2D eigenvalue weighted by Gasteiger charge is -2.28. The predicted octanol–water partition coefficient (Wildman–Crippen LogP) is 1.13. The second kappa shape index (κ2) is 4.89. The Kier molecular flexibility index (Phi) is 3.20. The third-order valence-electron chi connectivity index (χ3n) is 3.57. The van der Waals surface area contributed by atoms with Crippen LogP contribution in [0.15, 0.2) is 22.2 Å². The monoisotopic (exact) mass is 288 g/mol.